The van der Waals surface area contributed by atoms with Gasteiger partial charge in [-0.25, -0.2) is 13.6 Å². The molecule has 0 saturated heterocycles. The molecule has 1 N–H and O–H groups in total. The molecule has 2 saturated carbocycles. The smallest absolute Gasteiger partial charge is 0.330 e. The van der Waals surface area contributed by atoms with Crippen LogP contribution in [0.3, 0.4) is 0 Å². The first kappa shape index (κ1) is 13.0. The van der Waals surface area contributed by atoms with E-state index >= 15 is 0 Å². The Morgan fingerprint density at radius 2 is 2.06 bits per heavy atom. The first-order valence-corrected chi connectivity index (χ1v) is 5.80. The van der Waals surface area contributed by atoms with Gasteiger partial charge in [-0.05, 0) is 12.8 Å². The number of halogens is 2. The molecule has 1 spiro atoms. The van der Waals surface area contributed by atoms with E-state index in [2.05, 4.69) is 10.1 Å². The van der Waals surface area contributed by atoms with Gasteiger partial charge >= 0.3 is 5.97 Å². The van der Waals surface area contributed by atoms with Crippen molar-refractivity contribution < 1.29 is 23.1 Å². The number of amides is 1. The molecular weight excluding hydrogens is 244 g/mol. The molecule has 0 radical (unpaired) electrons. The van der Waals surface area contributed by atoms with Crippen LogP contribution in [0.2, 0.25) is 0 Å². The number of carbonyl (C=O) groups excluding carboxylic acids is 2. The van der Waals surface area contributed by atoms with E-state index in [1.54, 1.807) is 0 Å². The molecule has 0 aromatic rings. The Morgan fingerprint density at radius 3 is 2.56 bits per heavy atom. The molecule has 0 bridgehead atoms. The lowest BCUT2D eigenvalue weighted by Crippen LogP contribution is -2.41. The third-order valence-electron chi connectivity index (χ3n) is 3.71. The Bertz CT molecular complexity index is 400. The molecule has 4 nitrogen and oxygen atoms in total. The normalized spacial score (nSPS) is 32.1. The summed E-state index contributed by atoms with van der Waals surface area (Å²) in [5.41, 5.74) is -0.878. The van der Waals surface area contributed by atoms with Crippen LogP contribution in [0.1, 0.15) is 19.3 Å². The number of esters is 1. The molecule has 1 amide bonds. The average Bonchev–Trinajstić information content (AvgIpc) is 2.85. The monoisotopic (exact) mass is 259 g/mol. The summed E-state index contributed by atoms with van der Waals surface area (Å²) in [7, 11) is 1.26. The summed E-state index contributed by atoms with van der Waals surface area (Å²) in [5.74, 6) is -3.60. The molecule has 0 heterocycles. The molecule has 0 atom stereocenters. The highest BCUT2D eigenvalue weighted by Gasteiger charge is 2.76. The van der Waals surface area contributed by atoms with Gasteiger partial charge in [0.2, 0.25) is 5.91 Å². The van der Waals surface area contributed by atoms with Crippen molar-refractivity contribution in [2.75, 3.05) is 13.7 Å². The molecule has 2 aliphatic rings. The second kappa shape index (κ2) is 4.33. The molecule has 0 unspecified atom stereocenters. The van der Waals surface area contributed by atoms with E-state index in [1.807, 2.05) is 0 Å². The van der Waals surface area contributed by atoms with Crippen LogP contribution >= 0.6 is 0 Å². The predicted octanol–water partition coefficient (Wildman–Crippen LogP) is 1.27. The fourth-order valence-electron chi connectivity index (χ4n) is 2.42. The van der Waals surface area contributed by atoms with Gasteiger partial charge in [0.15, 0.2) is 0 Å². The van der Waals surface area contributed by atoms with Crippen molar-refractivity contribution in [2.24, 2.45) is 11.3 Å². The summed E-state index contributed by atoms with van der Waals surface area (Å²) in [6, 6.07) is 0. The Morgan fingerprint density at radius 1 is 1.44 bits per heavy atom. The third-order valence-corrected chi connectivity index (χ3v) is 3.71. The lowest BCUT2D eigenvalue weighted by molar-refractivity contribution is -0.135. The van der Waals surface area contributed by atoms with Crippen LogP contribution in [0.25, 0.3) is 0 Å². The fraction of sp³-hybridized carbons (Fsp3) is 0.667. The number of nitrogens with one attached hydrogen (secondary N) is 1. The standard InChI is InChI=1S/C12H15F2NO3/c1-18-9(16)3-2-4-15-10(17)8-5-11(6-8)7-12(11,13)14/h2-3,8H,4-7H2,1H3,(H,15,17)/b3-2+. The van der Waals surface area contributed by atoms with E-state index in [-0.39, 0.29) is 37.6 Å². The van der Waals surface area contributed by atoms with Gasteiger partial charge in [-0.15, -0.1) is 0 Å². The van der Waals surface area contributed by atoms with Crippen molar-refractivity contribution in [3.05, 3.63) is 12.2 Å². The molecule has 0 aromatic carbocycles. The van der Waals surface area contributed by atoms with E-state index < -0.39 is 17.3 Å². The highest BCUT2D eigenvalue weighted by molar-refractivity contribution is 5.82. The summed E-state index contributed by atoms with van der Waals surface area (Å²) >= 11 is 0. The van der Waals surface area contributed by atoms with E-state index in [0.717, 1.165) is 0 Å². The first-order valence-electron chi connectivity index (χ1n) is 5.80. The molecule has 6 heteroatoms. The molecule has 100 valence electrons. The second-order valence-electron chi connectivity index (χ2n) is 4.94. The highest BCUT2D eigenvalue weighted by Crippen LogP contribution is 2.72. The zero-order valence-electron chi connectivity index (χ0n) is 10.0. The van der Waals surface area contributed by atoms with Crippen LogP contribution in [0, 0.1) is 11.3 Å². The number of carbonyl (C=O) groups is 2. The quantitative estimate of drug-likeness (QED) is 0.611. The maximum atomic E-state index is 12.9. The van der Waals surface area contributed by atoms with Gasteiger partial charge in [0.05, 0.1) is 7.11 Å². The number of hydrogen-bond donors (Lipinski definition) is 1. The van der Waals surface area contributed by atoms with Crippen LogP contribution in [0.15, 0.2) is 12.2 Å². The van der Waals surface area contributed by atoms with Gasteiger partial charge in [0.1, 0.15) is 0 Å². The second-order valence-corrected chi connectivity index (χ2v) is 4.94. The van der Waals surface area contributed by atoms with Gasteiger partial charge in [0.25, 0.3) is 5.92 Å². The Hall–Kier alpha value is -1.46. The summed E-state index contributed by atoms with van der Waals surface area (Å²) in [6.07, 6.45) is 3.13. The van der Waals surface area contributed by atoms with Gasteiger partial charge in [-0.3, -0.25) is 4.79 Å². The van der Waals surface area contributed by atoms with Gasteiger partial charge < -0.3 is 10.1 Å². The van der Waals surface area contributed by atoms with Crippen molar-refractivity contribution in [2.45, 2.75) is 25.2 Å². The minimum Gasteiger partial charge on any atom is -0.466 e. The third kappa shape index (κ3) is 2.23. The lowest BCUT2D eigenvalue weighted by atomic mass is 9.71. The zero-order chi connectivity index (χ0) is 13.4. The van der Waals surface area contributed by atoms with E-state index in [0.29, 0.717) is 0 Å². The maximum Gasteiger partial charge on any atom is 0.330 e. The van der Waals surface area contributed by atoms with Crippen molar-refractivity contribution in [1.29, 1.82) is 0 Å². The van der Waals surface area contributed by atoms with Crippen LogP contribution < -0.4 is 5.32 Å². The van der Waals surface area contributed by atoms with Crippen LogP contribution in [-0.4, -0.2) is 31.5 Å². The van der Waals surface area contributed by atoms with Gasteiger partial charge in [0, 0.05) is 30.4 Å². The lowest BCUT2D eigenvalue weighted by Gasteiger charge is -2.34. The largest absolute Gasteiger partial charge is 0.466 e. The number of methoxy groups -OCH3 is 1. The minimum atomic E-state index is -2.56. The molecule has 2 aliphatic carbocycles. The van der Waals surface area contributed by atoms with Crippen LogP contribution in [0.5, 0.6) is 0 Å². The molecule has 2 fully saturated rings. The summed E-state index contributed by atoms with van der Waals surface area (Å²) in [4.78, 5) is 22.3. The zero-order valence-corrected chi connectivity index (χ0v) is 10.0. The van der Waals surface area contributed by atoms with Crippen molar-refractivity contribution in [1.82, 2.24) is 5.32 Å². The first-order chi connectivity index (χ1) is 8.40. The maximum absolute atomic E-state index is 12.9. The average molecular weight is 259 g/mol. The fourth-order valence-corrected chi connectivity index (χ4v) is 2.42. The van der Waals surface area contributed by atoms with E-state index in [1.165, 1.54) is 19.3 Å². The Labute approximate surface area is 103 Å². The van der Waals surface area contributed by atoms with E-state index in [9.17, 15) is 18.4 Å². The topological polar surface area (TPSA) is 55.4 Å². The van der Waals surface area contributed by atoms with Crippen molar-refractivity contribution >= 4 is 11.9 Å². The van der Waals surface area contributed by atoms with Crippen molar-refractivity contribution in [3.63, 3.8) is 0 Å². The van der Waals surface area contributed by atoms with Gasteiger partial charge in [-0.2, -0.15) is 0 Å². The van der Waals surface area contributed by atoms with Crippen LogP contribution in [-0.2, 0) is 14.3 Å². The molecule has 18 heavy (non-hydrogen) atoms. The summed E-state index contributed by atoms with van der Waals surface area (Å²) in [5, 5.41) is 2.58. The molecule has 0 aliphatic heterocycles. The van der Waals surface area contributed by atoms with Crippen molar-refractivity contribution in [3.8, 4) is 0 Å². The highest BCUT2D eigenvalue weighted by atomic mass is 19.3. The summed E-state index contributed by atoms with van der Waals surface area (Å²) in [6.45, 7) is 0.202. The molecular formula is C12H15F2NO3. The minimum absolute atomic E-state index is 0.0774. The SMILES string of the molecule is COC(=O)/C=C/CNC(=O)C1CC2(C1)CC2(F)F. The molecule has 0 aromatic heterocycles. The van der Waals surface area contributed by atoms with E-state index in [4.69, 9.17) is 0 Å². The number of ether oxygens (including phenoxy) is 1. The number of hydrogen-bond acceptors (Lipinski definition) is 3. The predicted molar refractivity (Wildman–Crippen MR) is 58.9 cm³/mol. The van der Waals surface area contributed by atoms with Gasteiger partial charge in [-0.1, -0.05) is 6.08 Å². The summed E-state index contributed by atoms with van der Waals surface area (Å²) < 4.78 is 30.2. The van der Waals surface area contributed by atoms with Crippen LogP contribution in [0.4, 0.5) is 8.78 Å². The number of alkyl halides is 2. The molecule has 2 rings (SSSR count). The Balaban J connectivity index is 1.66. The number of rotatable bonds is 4. The Kier molecular flexibility index (Phi) is 3.12.